The van der Waals surface area contributed by atoms with Gasteiger partial charge in [-0.3, -0.25) is 0 Å². The van der Waals surface area contributed by atoms with Crippen LogP contribution in [0.3, 0.4) is 0 Å². The molecule has 0 radical (unpaired) electrons. The maximum atomic E-state index is 10.7. The molecule has 2 N–H and O–H groups in total. The van der Waals surface area contributed by atoms with Gasteiger partial charge in [-0.1, -0.05) is 25.1 Å². The van der Waals surface area contributed by atoms with E-state index in [0.29, 0.717) is 5.92 Å². The van der Waals surface area contributed by atoms with Gasteiger partial charge in [0.2, 0.25) is 0 Å². The lowest BCUT2D eigenvalue weighted by atomic mass is 9.84. The van der Waals surface area contributed by atoms with Crippen molar-refractivity contribution in [1.82, 2.24) is 0 Å². The first-order chi connectivity index (χ1) is 7.18. The van der Waals surface area contributed by atoms with E-state index in [0.717, 1.165) is 30.5 Å². The highest BCUT2D eigenvalue weighted by Gasteiger charge is 2.40. The van der Waals surface area contributed by atoms with Crippen LogP contribution < -0.4 is 5.32 Å². The van der Waals surface area contributed by atoms with Crippen LogP contribution >= 0.6 is 0 Å². The Hall–Kier alpha value is -1.02. The second-order valence-corrected chi connectivity index (χ2v) is 4.51. The fourth-order valence-corrected chi connectivity index (χ4v) is 2.64. The molecule has 2 nitrogen and oxygen atoms in total. The van der Waals surface area contributed by atoms with E-state index < -0.39 is 5.60 Å². The minimum atomic E-state index is -0.625. The molecule has 0 spiro atoms. The lowest BCUT2D eigenvalue weighted by Crippen LogP contribution is -2.29. The third-order valence-electron chi connectivity index (χ3n) is 3.67. The summed E-state index contributed by atoms with van der Waals surface area (Å²) >= 11 is 0. The molecule has 1 aliphatic rings. The highest BCUT2D eigenvalue weighted by atomic mass is 16.3. The summed E-state index contributed by atoms with van der Waals surface area (Å²) in [5, 5.41) is 13.9. The van der Waals surface area contributed by atoms with E-state index in [1.807, 2.05) is 31.3 Å². The predicted octanol–water partition coefficient (Wildman–Crippen LogP) is 2.74. The molecule has 1 aliphatic carbocycles. The van der Waals surface area contributed by atoms with Crippen molar-refractivity contribution < 1.29 is 5.11 Å². The summed E-state index contributed by atoms with van der Waals surface area (Å²) in [6.45, 7) is 2.14. The minimum Gasteiger partial charge on any atom is -0.388 e. The van der Waals surface area contributed by atoms with Crippen LogP contribution in [0.4, 0.5) is 5.69 Å². The van der Waals surface area contributed by atoms with Gasteiger partial charge in [0.15, 0.2) is 0 Å². The lowest BCUT2D eigenvalue weighted by Gasteiger charge is -2.30. The molecule has 2 heteroatoms. The van der Waals surface area contributed by atoms with Gasteiger partial charge >= 0.3 is 0 Å². The van der Waals surface area contributed by atoms with Gasteiger partial charge in [0.25, 0.3) is 0 Å². The van der Waals surface area contributed by atoms with Crippen LogP contribution in [0.15, 0.2) is 24.3 Å². The molecule has 15 heavy (non-hydrogen) atoms. The van der Waals surface area contributed by atoms with E-state index in [2.05, 4.69) is 12.2 Å². The summed E-state index contributed by atoms with van der Waals surface area (Å²) in [5.41, 5.74) is 1.48. The summed E-state index contributed by atoms with van der Waals surface area (Å²) in [6.07, 6.45) is 3.12. The Morgan fingerprint density at radius 3 is 2.73 bits per heavy atom. The van der Waals surface area contributed by atoms with Crippen molar-refractivity contribution in [2.45, 2.75) is 31.8 Å². The van der Waals surface area contributed by atoms with E-state index in [1.165, 1.54) is 0 Å². The fraction of sp³-hybridized carbons (Fsp3) is 0.538. The van der Waals surface area contributed by atoms with Gasteiger partial charge in [-0.05, 0) is 31.2 Å². The van der Waals surface area contributed by atoms with Crippen LogP contribution in [0.5, 0.6) is 0 Å². The first-order valence-electron chi connectivity index (χ1n) is 5.68. The molecule has 1 fully saturated rings. The van der Waals surface area contributed by atoms with Crippen LogP contribution in [0.25, 0.3) is 0 Å². The molecule has 0 aromatic heterocycles. The topological polar surface area (TPSA) is 32.3 Å². The zero-order valence-electron chi connectivity index (χ0n) is 9.46. The monoisotopic (exact) mass is 205 g/mol. The van der Waals surface area contributed by atoms with Crippen molar-refractivity contribution in [2.24, 2.45) is 5.92 Å². The molecule has 0 bridgehead atoms. The van der Waals surface area contributed by atoms with Gasteiger partial charge in [-0.15, -0.1) is 0 Å². The van der Waals surface area contributed by atoms with Gasteiger partial charge in [0.1, 0.15) is 0 Å². The third kappa shape index (κ3) is 1.63. The van der Waals surface area contributed by atoms with Gasteiger partial charge in [-0.25, -0.2) is 0 Å². The van der Waals surface area contributed by atoms with Crippen LogP contribution in [-0.2, 0) is 5.60 Å². The summed E-state index contributed by atoms with van der Waals surface area (Å²) in [7, 11) is 1.90. The van der Waals surface area contributed by atoms with Gasteiger partial charge in [0, 0.05) is 18.3 Å². The molecule has 2 rings (SSSR count). The first kappa shape index (κ1) is 10.5. The Balaban J connectivity index is 2.43. The summed E-state index contributed by atoms with van der Waals surface area (Å²) < 4.78 is 0. The molecule has 2 atom stereocenters. The summed E-state index contributed by atoms with van der Waals surface area (Å²) in [4.78, 5) is 0. The highest BCUT2D eigenvalue weighted by Crippen LogP contribution is 2.45. The average molecular weight is 205 g/mol. The van der Waals surface area contributed by atoms with Crippen molar-refractivity contribution >= 4 is 5.69 Å². The quantitative estimate of drug-likeness (QED) is 0.778. The molecule has 0 amide bonds. The minimum absolute atomic E-state index is 0.354. The van der Waals surface area contributed by atoms with Crippen molar-refractivity contribution in [2.75, 3.05) is 12.4 Å². The molecule has 82 valence electrons. The smallest absolute Gasteiger partial charge is 0.0941 e. The number of aliphatic hydroxyl groups is 1. The van der Waals surface area contributed by atoms with Crippen molar-refractivity contribution in [3.8, 4) is 0 Å². The van der Waals surface area contributed by atoms with Gasteiger partial charge in [0.05, 0.1) is 5.60 Å². The normalized spacial score (nSPS) is 30.5. The van der Waals surface area contributed by atoms with Gasteiger partial charge < -0.3 is 10.4 Å². The maximum Gasteiger partial charge on any atom is 0.0941 e. The number of benzene rings is 1. The lowest BCUT2D eigenvalue weighted by molar-refractivity contribution is 0.00517. The van der Waals surface area contributed by atoms with Gasteiger partial charge in [-0.2, -0.15) is 0 Å². The molecule has 0 unspecified atom stereocenters. The largest absolute Gasteiger partial charge is 0.388 e. The summed E-state index contributed by atoms with van der Waals surface area (Å²) in [6, 6.07) is 8.06. The Kier molecular flexibility index (Phi) is 2.70. The fourth-order valence-electron chi connectivity index (χ4n) is 2.64. The maximum absolute atomic E-state index is 10.7. The second kappa shape index (κ2) is 3.86. The Morgan fingerprint density at radius 2 is 2.13 bits per heavy atom. The van der Waals surface area contributed by atoms with E-state index in [9.17, 15) is 5.11 Å². The highest BCUT2D eigenvalue weighted by molar-refractivity contribution is 5.53. The number of hydrogen-bond donors (Lipinski definition) is 2. The van der Waals surface area contributed by atoms with Crippen LogP contribution in [-0.4, -0.2) is 12.2 Å². The number of para-hydroxylation sites is 1. The number of nitrogens with one attached hydrogen (secondary N) is 1. The average Bonchev–Trinajstić information content (AvgIpc) is 2.60. The van der Waals surface area contributed by atoms with E-state index in [-0.39, 0.29) is 0 Å². The van der Waals surface area contributed by atoms with Crippen LogP contribution in [0.2, 0.25) is 0 Å². The Bertz CT molecular complexity index is 350. The molecule has 0 heterocycles. The van der Waals surface area contributed by atoms with Crippen molar-refractivity contribution in [3.63, 3.8) is 0 Å². The first-order valence-corrected chi connectivity index (χ1v) is 5.68. The molecule has 0 saturated heterocycles. The Labute approximate surface area is 91.3 Å². The molecule has 1 aromatic rings. The molecule has 0 aliphatic heterocycles. The van der Waals surface area contributed by atoms with Crippen molar-refractivity contribution in [1.29, 1.82) is 0 Å². The van der Waals surface area contributed by atoms with E-state index >= 15 is 0 Å². The van der Waals surface area contributed by atoms with E-state index in [4.69, 9.17) is 0 Å². The molecular formula is C13H19NO. The van der Waals surface area contributed by atoms with Crippen LogP contribution in [0.1, 0.15) is 31.7 Å². The number of hydrogen-bond acceptors (Lipinski definition) is 2. The SMILES string of the molecule is CNc1ccccc1[C@@]1(O)CCC[C@@H]1C. The summed E-state index contributed by atoms with van der Waals surface area (Å²) in [5.74, 6) is 0.354. The third-order valence-corrected chi connectivity index (χ3v) is 3.67. The second-order valence-electron chi connectivity index (χ2n) is 4.51. The zero-order chi connectivity index (χ0) is 10.9. The molecule has 1 saturated carbocycles. The standard InChI is InChI=1S/C13H19NO/c1-10-6-5-9-13(10,15)11-7-3-4-8-12(11)14-2/h3-4,7-8,10,14-15H,5-6,9H2,1-2H3/t10-,13+/m0/s1. The van der Waals surface area contributed by atoms with Crippen LogP contribution in [0, 0.1) is 5.92 Å². The molecule has 1 aromatic carbocycles. The molecular weight excluding hydrogens is 186 g/mol. The van der Waals surface area contributed by atoms with Crippen molar-refractivity contribution in [3.05, 3.63) is 29.8 Å². The zero-order valence-corrected chi connectivity index (χ0v) is 9.46. The van der Waals surface area contributed by atoms with E-state index in [1.54, 1.807) is 0 Å². The number of anilines is 1. The number of rotatable bonds is 2. The predicted molar refractivity (Wildman–Crippen MR) is 62.9 cm³/mol. The Morgan fingerprint density at radius 1 is 1.40 bits per heavy atom.